The molecule has 1 atom stereocenters. The fourth-order valence-corrected chi connectivity index (χ4v) is 4.44. The predicted molar refractivity (Wildman–Crippen MR) is 125 cm³/mol. The standard InChI is InChI=1S/C24H24N2O7S/c1-14-20(24(29)32-4)15(2)25-21(14)22(27)16(3)33-23(28)17-10-12-19(13-11-17)34(30,31)26-18-8-6-5-7-9-18/h5-13,16,25-26H,1-4H3. The normalized spacial score (nSPS) is 12.0. The highest BCUT2D eigenvalue weighted by Gasteiger charge is 2.27. The zero-order valence-corrected chi connectivity index (χ0v) is 19.9. The van der Waals surface area contributed by atoms with Gasteiger partial charge in [-0.1, -0.05) is 18.2 Å². The van der Waals surface area contributed by atoms with Crippen LogP contribution < -0.4 is 4.72 Å². The first-order valence-electron chi connectivity index (χ1n) is 10.3. The number of anilines is 1. The Balaban J connectivity index is 1.71. The van der Waals surface area contributed by atoms with Crippen molar-refractivity contribution in [1.82, 2.24) is 4.98 Å². The minimum absolute atomic E-state index is 0.0372. The lowest BCUT2D eigenvalue weighted by Gasteiger charge is -2.13. The maximum Gasteiger partial charge on any atom is 0.339 e. The van der Waals surface area contributed by atoms with Gasteiger partial charge in [-0.05, 0) is 62.7 Å². The molecule has 0 aliphatic rings. The van der Waals surface area contributed by atoms with Gasteiger partial charge in [-0.25, -0.2) is 18.0 Å². The number of aromatic amines is 1. The van der Waals surface area contributed by atoms with Crippen molar-refractivity contribution >= 4 is 33.4 Å². The summed E-state index contributed by atoms with van der Waals surface area (Å²) in [6, 6.07) is 13.5. The van der Waals surface area contributed by atoms with E-state index in [4.69, 9.17) is 9.47 Å². The third-order valence-electron chi connectivity index (χ3n) is 5.15. The van der Waals surface area contributed by atoms with E-state index in [1.165, 1.54) is 38.3 Å². The van der Waals surface area contributed by atoms with E-state index in [1.807, 2.05) is 0 Å². The summed E-state index contributed by atoms with van der Waals surface area (Å²) in [6.07, 6.45) is -1.15. The summed E-state index contributed by atoms with van der Waals surface area (Å²) in [6.45, 7) is 4.64. The number of sulfonamides is 1. The summed E-state index contributed by atoms with van der Waals surface area (Å²) in [5, 5.41) is 0. The Morgan fingerprint density at radius 2 is 1.56 bits per heavy atom. The highest BCUT2D eigenvalue weighted by Crippen LogP contribution is 2.22. The highest BCUT2D eigenvalue weighted by atomic mass is 32.2. The average molecular weight is 485 g/mol. The Morgan fingerprint density at radius 3 is 2.15 bits per heavy atom. The first kappa shape index (κ1) is 24.7. The highest BCUT2D eigenvalue weighted by molar-refractivity contribution is 7.92. The van der Waals surface area contributed by atoms with E-state index in [1.54, 1.807) is 44.2 Å². The van der Waals surface area contributed by atoms with Crippen LogP contribution in [0.4, 0.5) is 5.69 Å². The molecule has 0 aliphatic carbocycles. The number of nitrogens with one attached hydrogen (secondary N) is 2. The molecule has 2 N–H and O–H groups in total. The van der Waals surface area contributed by atoms with Crippen LogP contribution in [-0.4, -0.2) is 44.3 Å². The number of rotatable bonds is 8. The number of hydrogen-bond acceptors (Lipinski definition) is 7. The molecule has 0 bridgehead atoms. The summed E-state index contributed by atoms with van der Waals surface area (Å²) in [5.74, 6) is -1.89. The topological polar surface area (TPSA) is 132 Å². The first-order chi connectivity index (χ1) is 16.0. The maximum absolute atomic E-state index is 12.8. The lowest BCUT2D eigenvalue weighted by atomic mass is 10.1. The zero-order chi connectivity index (χ0) is 25.0. The van der Waals surface area contributed by atoms with Crippen LogP contribution in [0, 0.1) is 13.8 Å². The Bertz CT molecular complexity index is 1330. The van der Waals surface area contributed by atoms with Gasteiger partial charge in [0.05, 0.1) is 28.8 Å². The molecule has 9 nitrogen and oxygen atoms in total. The number of H-pyrrole nitrogens is 1. The van der Waals surface area contributed by atoms with Crippen molar-refractivity contribution in [2.24, 2.45) is 0 Å². The minimum Gasteiger partial charge on any atom is -0.465 e. The van der Waals surface area contributed by atoms with Gasteiger partial charge in [-0.2, -0.15) is 0 Å². The largest absolute Gasteiger partial charge is 0.465 e. The number of Topliss-reactive ketones (excluding diaryl/α,β-unsaturated/α-hetero) is 1. The molecular weight excluding hydrogens is 460 g/mol. The Morgan fingerprint density at radius 1 is 0.941 bits per heavy atom. The van der Waals surface area contributed by atoms with Crippen LogP contribution in [0.25, 0.3) is 0 Å². The van der Waals surface area contributed by atoms with Crippen LogP contribution in [0.15, 0.2) is 59.5 Å². The Kier molecular flexibility index (Phi) is 7.21. The molecule has 2 aromatic carbocycles. The number of ketones is 1. The number of aromatic nitrogens is 1. The van der Waals surface area contributed by atoms with E-state index in [2.05, 4.69) is 9.71 Å². The van der Waals surface area contributed by atoms with Crippen molar-refractivity contribution in [1.29, 1.82) is 0 Å². The smallest absolute Gasteiger partial charge is 0.339 e. The van der Waals surface area contributed by atoms with Crippen molar-refractivity contribution in [3.8, 4) is 0 Å². The van der Waals surface area contributed by atoms with Crippen molar-refractivity contribution < 1.29 is 32.3 Å². The Hall–Kier alpha value is -3.92. The van der Waals surface area contributed by atoms with Gasteiger partial charge in [-0.15, -0.1) is 0 Å². The molecule has 0 saturated heterocycles. The molecule has 1 heterocycles. The summed E-state index contributed by atoms with van der Waals surface area (Å²) in [5.41, 5.74) is 1.75. The van der Waals surface area contributed by atoms with E-state index in [9.17, 15) is 22.8 Å². The van der Waals surface area contributed by atoms with Crippen LogP contribution in [0.3, 0.4) is 0 Å². The number of methoxy groups -OCH3 is 1. The molecule has 0 spiro atoms. The molecule has 178 valence electrons. The number of benzene rings is 2. The van der Waals surface area contributed by atoms with Crippen LogP contribution in [-0.2, 0) is 19.5 Å². The second kappa shape index (κ2) is 9.92. The van der Waals surface area contributed by atoms with E-state index in [0.717, 1.165) is 0 Å². The van der Waals surface area contributed by atoms with Crippen molar-refractivity contribution in [2.45, 2.75) is 31.8 Å². The average Bonchev–Trinajstić information content (AvgIpc) is 3.12. The monoisotopic (exact) mass is 484 g/mol. The second-order valence-corrected chi connectivity index (χ2v) is 9.21. The second-order valence-electron chi connectivity index (χ2n) is 7.52. The van der Waals surface area contributed by atoms with Crippen LogP contribution >= 0.6 is 0 Å². The minimum atomic E-state index is -3.84. The fraction of sp³-hybridized carbons (Fsp3) is 0.208. The number of carbonyl (C=O) groups excluding carboxylic acids is 3. The van der Waals surface area contributed by atoms with Crippen LogP contribution in [0.1, 0.15) is 49.4 Å². The summed E-state index contributed by atoms with van der Waals surface area (Å²) in [7, 11) is -2.60. The van der Waals surface area contributed by atoms with Crippen molar-refractivity contribution in [2.75, 3.05) is 11.8 Å². The quantitative estimate of drug-likeness (QED) is 0.368. The van der Waals surface area contributed by atoms with Gasteiger partial charge in [0.2, 0.25) is 5.78 Å². The molecule has 0 saturated carbocycles. The lowest BCUT2D eigenvalue weighted by molar-refractivity contribution is 0.0316. The number of aryl methyl sites for hydroxylation is 1. The van der Waals surface area contributed by atoms with Gasteiger partial charge in [0.1, 0.15) is 0 Å². The fourth-order valence-electron chi connectivity index (χ4n) is 3.38. The van der Waals surface area contributed by atoms with Gasteiger partial charge in [0, 0.05) is 11.4 Å². The van der Waals surface area contributed by atoms with E-state index >= 15 is 0 Å². The molecule has 0 amide bonds. The molecular formula is C24H24N2O7S. The van der Waals surface area contributed by atoms with Crippen molar-refractivity contribution in [3.63, 3.8) is 0 Å². The predicted octanol–water partition coefficient (Wildman–Crippen LogP) is 3.65. The number of hydrogen-bond donors (Lipinski definition) is 2. The maximum atomic E-state index is 12.8. The molecule has 1 unspecified atom stereocenters. The van der Waals surface area contributed by atoms with Crippen LogP contribution in [0.5, 0.6) is 0 Å². The zero-order valence-electron chi connectivity index (χ0n) is 19.0. The molecule has 3 rings (SSSR count). The first-order valence-corrected chi connectivity index (χ1v) is 11.7. The Labute approximate surface area is 197 Å². The van der Waals surface area contributed by atoms with Gasteiger partial charge >= 0.3 is 11.9 Å². The SMILES string of the molecule is COC(=O)c1c(C)[nH]c(C(=O)C(C)OC(=O)c2ccc(S(=O)(=O)Nc3ccccc3)cc2)c1C. The molecule has 0 radical (unpaired) electrons. The number of carbonyl (C=O) groups is 3. The van der Waals surface area contributed by atoms with E-state index in [0.29, 0.717) is 16.9 Å². The van der Waals surface area contributed by atoms with Gasteiger partial charge in [0.25, 0.3) is 10.0 Å². The number of esters is 2. The number of para-hydroxylation sites is 1. The van der Waals surface area contributed by atoms with Crippen LogP contribution in [0.2, 0.25) is 0 Å². The molecule has 10 heteroatoms. The third kappa shape index (κ3) is 5.18. The summed E-state index contributed by atoms with van der Waals surface area (Å²) >= 11 is 0. The molecule has 1 aromatic heterocycles. The van der Waals surface area contributed by atoms with Gasteiger partial charge < -0.3 is 14.5 Å². The summed E-state index contributed by atoms with van der Waals surface area (Å²) in [4.78, 5) is 40.1. The molecule has 0 aliphatic heterocycles. The summed E-state index contributed by atoms with van der Waals surface area (Å²) < 4.78 is 37.5. The van der Waals surface area contributed by atoms with Gasteiger partial charge in [-0.3, -0.25) is 9.52 Å². The molecule has 0 fully saturated rings. The van der Waals surface area contributed by atoms with E-state index in [-0.39, 0.29) is 21.7 Å². The number of ether oxygens (including phenoxy) is 2. The third-order valence-corrected chi connectivity index (χ3v) is 6.55. The molecule has 34 heavy (non-hydrogen) atoms. The molecule has 3 aromatic rings. The van der Waals surface area contributed by atoms with Gasteiger partial charge in [0.15, 0.2) is 6.10 Å². The van der Waals surface area contributed by atoms with Crippen molar-refractivity contribution in [3.05, 3.63) is 82.7 Å². The lowest BCUT2D eigenvalue weighted by Crippen LogP contribution is -2.25. The van der Waals surface area contributed by atoms with E-state index < -0.39 is 33.8 Å².